The maximum absolute atomic E-state index is 11.4. The van der Waals surface area contributed by atoms with Gasteiger partial charge in [0, 0.05) is 39.9 Å². The van der Waals surface area contributed by atoms with E-state index in [4.69, 9.17) is 13.3 Å². The molecule has 0 amide bonds. The van der Waals surface area contributed by atoms with Gasteiger partial charge in [0.15, 0.2) is 31.9 Å². The third-order valence-corrected chi connectivity index (χ3v) is 9.23. The maximum atomic E-state index is 11.4. The molecule has 1 heterocycles. The van der Waals surface area contributed by atoms with Crippen molar-refractivity contribution in [3.63, 3.8) is 0 Å². The van der Waals surface area contributed by atoms with Gasteiger partial charge in [0.05, 0.1) is 0 Å². The molecule has 0 aliphatic heterocycles. The standard InChI is InChI=1S/C13H24NO3Si.C2F6NO4S2/c1-5-6-9-13-10-7-8-11-14(13)12-18(15-2,16-3)17-4;3-1(4,5)14(10,11)9-15(12,13)2(6,7)8/h7-8,10-11H,5-6,9,12H2,1-4H3;/q+1;-1. The van der Waals surface area contributed by atoms with Crippen LogP contribution in [-0.2, 0) is 45.9 Å². The van der Waals surface area contributed by atoms with Gasteiger partial charge in [-0.3, -0.25) is 0 Å². The number of aryl methyl sites for hydroxylation is 1. The highest BCUT2D eigenvalue weighted by atomic mass is 32.3. The highest BCUT2D eigenvalue weighted by Crippen LogP contribution is 2.36. The lowest BCUT2D eigenvalue weighted by atomic mass is 10.2. The van der Waals surface area contributed by atoms with Gasteiger partial charge in [-0.05, 0) is 6.42 Å². The third-order valence-electron chi connectivity index (χ3n) is 3.90. The number of rotatable bonds is 10. The largest absolute Gasteiger partial charge is 0.569 e. The Morgan fingerprint density at radius 3 is 1.73 bits per heavy atom. The molecule has 0 saturated heterocycles. The van der Waals surface area contributed by atoms with Gasteiger partial charge in [0.1, 0.15) is 0 Å². The molecule has 0 radical (unpaired) electrons. The number of sulfonamides is 2. The molecular weight excluding hydrogens is 526 g/mol. The van der Waals surface area contributed by atoms with Crippen LogP contribution in [0.15, 0.2) is 24.4 Å². The monoisotopic (exact) mass is 550 g/mol. The van der Waals surface area contributed by atoms with E-state index in [1.165, 1.54) is 18.5 Å². The number of aromatic nitrogens is 1. The van der Waals surface area contributed by atoms with E-state index in [0.29, 0.717) is 6.17 Å². The van der Waals surface area contributed by atoms with Gasteiger partial charge in [-0.2, -0.15) is 30.9 Å². The number of hydrogen-bond donors (Lipinski definition) is 0. The Labute approximate surface area is 189 Å². The van der Waals surface area contributed by atoms with Crippen LogP contribution < -0.4 is 4.57 Å². The van der Waals surface area contributed by atoms with Gasteiger partial charge in [0.2, 0.25) is 6.17 Å². The first-order valence-electron chi connectivity index (χ1n) is 8.91. The lowest BCUT2D eigenvalue weighted by molar-refractivity contribution is -0.692. The fraction of sp³-hybridized carbons (Fsp3) is 0.667. The Morgan fingerprint density at radius 1 is 0.909 bits per heavy atom. The Morgan fingerprint density at radius 2 is 1.36 bits per heavy atom. The molecule has 0 N–H and O–H groups in total. The quantitative estimate of drug-likeness (QED) is 0.250. The summed E-state index contributed by atoms with van der Waals surface area (Å²) in [6.45, 7) is 2.20. The number of halogens is 6. The van der Waals surface area contributed by atoms with Crippen molar-refractivity contribution in [2.75, 3.05) is 21.3 Å². The number of hydrogen-bond acceptors (Lipinski definition) is 7. The molecule has 194 valence electrons. The van der Waals surface area contributed by atoms with Crippen molar-refractivity contribution in [1.29, 1.82) is 0 Å². The van der Waals surface area contributed by atoms with Crippen LogP contribution in [0.5, 0.6) is 0 Å². The molecule has 18 heteroatoms. The average Bonchev–Trinajstić information content (AvgIpc) is 2.69. The molecule has 0 aliphatic rings. The Kier molecular flexibility index (Phi) is 11.9. The highest BCUT2D eigenvalue weighted by molar-refractivity contribution is 8.13. The van der Waals surface area contributed by atoms with Crippen molar-refractivity contribution >= 4 is 28.9 Å². The topological polar surface area (TPSA) is 114 Å². The summed E-state index contributed by atoms with van der Waals surface area (Å²) in [4.78, 5) is 0. The van der Waals surface area contributed by atoms with Crippen LogP contribution in [0.1, 0.15) is 25.5 Å². The lowest BCUT2D eigenvalue weighted by Gasteiger charge is -2.22. The van der Waals surface area contributed by atoms with E-state index in [-0.39, 0.29) is 0 Å². The Hall–Kier alpha value is -1.31. The average molecular weight is 551 g/mol. The molecule has 33 heavy (non-hydrogen) atoms. The van der Waals surface area contributed by atoms with Crippen LogP contribution in [0, 0.1) is 0 Å². The van der Waals surface area contributed by atoms with E-state index in [9.17, 15) is 43.2 Å². The zero-order valence-corrected chi connectivity index (χ0v) is 20.6. The van der Waals surface area contributed by atoms with E-state index >= 15 is 0 Å². The minimum absolute atomic E-state index is 0.649. The summed E-state index contributed by atoms with van der Waals surface area (Å²) in [5.74, 6) is 0. The zero-order chi connectivity index (χ0) is 26.1. The van der Waals surface area contributed by atoms with Crippen LogP contribution in [0.25, 0.3) is 4.13 Å². The summed E-state index contributed by atoms with van der Waals surface area (Å²) in [5.41, 5.74) is -11.1. The SMILES string of the molecule is CCCCc1cccc[n+]1C[Si](OC)(OC)OC.O=S(=O)([N-]S(=O)(=O)C(F)(F)F)C(F)(F)F. The maximum Gasteiger partial charge on any atom is 0.569 e. The number of nitrogens with zero attached hydrogens (tertiary/aromatic N) is 2. The molecule has 0 saturated carbocycles. The summed E-state index contributed by atoms with van der Waals surface area (Å²) in [5, 5.41) is 0. The summed E-state index contributed by atoms with van der Waals surface area (Å²) >= 11 is 0. The van der Waals surface area contributed by atoms with E-state index in [1.807, 2.05) is 6.07 Å². The van der Waals surface area contributed by atoms with Gasteiger partial charge < -0.3 is 17.4 Å². The minimum Gasteiger partial charge on any atom is -0.421 e. The minimum atomic E-state index is -6.72. The zero-order valence-electron chi connectivity index (χ0n) is 18.0. The fourth-order valence-electron chi connectivity index (χ4n) is 2.12. The van der Waals surface area contributed by atoms with Crippen LogP contribution >= 0.6 is 0 Å². The predicted octanol–water partition coefficient (Wildman–Crippen LogP) is 2.79. The van der Waals surface area contributed by atoms with E-state index < -0.39 is 39.9 Å². The molecule has 0 spiro atoms. The predicted molar refractivity (Wildman–Crippen MR) is 105 cm³/mol. The van der Waals surface area contributed by atoms with Crippen LogP contribution in [-0.4, -0.2) is 58.0 Å². The summed E-state index contributed by atoms with van der Waals surface area (Å²) in [6, 6.07) is 6.24. The van der Waals surface area contributed by atoms with Gasteiger partial charge in [-0.1, -0.05) is 19.4 Å². The van der Waals surface area contributed by atoms with E-state index in [0.717, 1.165) is 10.5 Å². The number of unbranched alkanes of at least 4 members (excludes halogenated alkanes) is 1. The van der Waals surface area contributed by atoms with E-state index in [2.05, 4.69) is 29.8 Å². The van der Waals surface area contributed by atoms with Crippen molar-refractivity contribution in [3.8, 4) is 0 Å². The fourth-order valence-corrected chi connectivity index (χ4v) is 5.44. The molecule has 0 atom stereocenters. The van der Waals surface area contributed by atoms with Crippen LogP contribution in [0.3, 0.4) is 0 Å². The second-order valence-corrected chi connectivity index (χ2v) is 12.5. The normalized spacial score (nSPS) is 13.4. The molecule has 1 rings (SSSR count). The smallest absolute Gasteiger partial charge is 0.421 e. The van der Waals surface area contributed by atoms with Crippen molar-refractivity contribution in [1.82, 2.24) is 0 Å². The summed E-state index contributed by atoms with van der Waals surface area (Å²) in [6.07, 6.45) is 6.15. The Bertz CT molecular complexity index is 902. The molecule has 0 aromatic carbocycles. The molecule has 0 fully saturated rings. The molecule has 1 aromatic rings. The molecule has 1 aromatic heterocycles. The lowest BCUT2D eigenvalue weighted by Crippen LogP contribution is -2.57. The van der Waals surface area contributed by atoms with Gasteiger partial charge >= 0.3 is 19.8 Å². The molecule has 0 aliphatic carbocycles. The molecule has 0 unspecified atom stereocenters. The summed E-state index contributed by atoms with van der Waals surface area (Å²) in [7, 11) is -11.1. The first kappa shape index (κ1) is 31.7. The molecule has 0 bridgehead atoms. The second-order valence-electron chi connectivity index (χ2n) is 6.13. The van der Waals surface area contributed by atoms with Gasteiger partial charge in [0.25, 0.3) is 0 Å². The van der Waals surface area contributed by atoms with Crippen molar-refractivity contribution in [2.24, 2.45) is 0 Å². The van der Waals surface area contributed by atoms with Gasteiger partial charge in [-0.25, -0.2) is 16.8 Å². The van der Waals surface area contributed by atoms with Gasteiger partial charge in [-0.15, -0.1) is 0 Å². The van der Waals surface area contributed by atoms with Crippen molar-refractivity contribution in [2.45, 2.75) is 43.4 Å². The second kappa shape index (κ2) is 12.4. The highest BCUT2D eigenvalue weighted by Gasteiger charge is 2.47. The van der Waals surface area contributed by atoms with E-state index in [1.54, 1.807) is 21.3 Å². The third kappa shape index (κ3) is 9.45. The first-order chi connectivity index (χ1) is 14.9. The first-order valence-corrected chi connectivity index (χ1v) is 13.7. The Balaban J connectivity index is 0.000000633. The number of pyridine rings is 1. The van der Waals surface area contributed by atoms with Crippen LogP contribution in [0.4, 0.5) is 26.3 Å². The number of alkyl halides is 6. The van der Waals surface area contributed by atoms with Crippen LogP contribution in [0.2, 0.25) is 0 Å². The molecular formula is C15H24F6N2O7S2Si. The van der Waals surface area contributed by atoms with Crippen molar-refractivity contribution < 1.29 is 61.0 Å². The molecule has 9 nitrogen and oxygen atoms in total. The van der Waals surface area contributed by atoms with Crippen molar-refractivity contribution in [3.05, 3.63) is 34.2 Å². The summed E-state index contributed by atoms with van der Waals surface area (Å²) < 4.78 is 128.